The van der Waals surface area contributed by atoms with E-state index in [1.165, 1.54) is 0 Å². The molecule has 0 atom stereocenters. The van der Waals surface area contributed by atoms with Crippen LogP contribution in [0.4, 0.5) is 15.8 Å². The van der Waals surface area contributed by atoms with E-state index in [1.807, 2.05) is 0 Å². The minimum Gasteiger partial charge on any atom is -0.465 e. The van der Waals surface area contributed by atoms with Crippen LogP contribution in [0.15, 0.2) is 20.5 Å². The zero-order valence-electron chi connectivity index (χ0n) is 11.0. The third-order valence-electron chi connectivity index (χ3n) is 2.23. The number of guanidine groups is 2. The Morgan fingerprint density at radius 1 is 1.45 bits per heavy atom. The molecule has 6 N–H and O–H groups in total. The van der Waals surface area contributed by atoms with E-state index in [4.69, 9.17) is 17.2 Å². The molecule has 0 aliphatic carbocycles. The molecule has 0 unspecified atom stereocenters. The first-order chi connectivity index (χ1) is 10.2. The number of rotatable bonds is 3. The second-order valence-electron chi connectivity index (χ2n) is 3.67. The minimum absolute atomic E-state index is 0.320. The van der Waals surface area contributed by atoms with Gasteiger partial charge in [-0.1, -0.05) is 0 Å². The number of hydrogen-bond donors (Lipinski definition) is 3. The monoisotopic (exact) mass is 376 g/mol. The van der Waals surface area contributed by atoms with Crippen molar-refractivity contribution in [3.63, 3.8) is 0 Å². The third kappa shape index (κ3) is 3.66. The number of methoxy groups -OCH3 is 1. The average molecular weight is 377 g/mol. The fourth-order valence-electron chi connectivity index (χ4n) is 1.42. The van der Waals surface area contributed by atoms with Crippen molar-refractivity contribution in [3.8, 4) is 0 Å². The van der Waals surface area contributed by atoms with E-state index in [1.54, 1.807) is 0 Å². The van der Waals surface area contributed by atoms with Gasteiger partial charge in [0.15, 0.2) is 17.5 Å². The summed E-state index contributed by atoms with van der Waals surface area (Å²) in [5.41, 5.74) is 13.4. The van der Waals surface area contributed by atoms with Crippen LogP contribution in [-0.4, -0.2) is 29.9 Å². The Hall–Kier alpha value is -2.76. The zero-order valence-corrected chi connectivity index (χ0v) is 12.6. The number of benzene rings is 1. The van der Waals surface area contributed by atoms with E-state index < -0.39 is 45.6 Å². The number of nitro benzene ring substituents is 1. The van der Waals surface area contributed by atoms with Crippen LogP contribution >= 0.6 is 15.9 Å². The quantitative estimate of drug-likeness (QED) is 0.226. The van der Waals surface area contributed by atoms with E-state index in [-0.39, 0.29) is 4.47 Å². The predicted octanol–water partition coefficient (Wildman–Crippen LogP) is 0.503. The predicted molar refractivity (Wildman–Crippen MR) is 79.2 cm³/mol. The van der Waals surface area contributed by atoms with Crippen LogP contribution in [0.3, 0.4) is 0 Å². The minimum atomic E-state index is -1.18. The van der Waals surface area contributed by atoms with Crippen molar-refractivity contribution >= 4 is 45.2 Å². The highest BCUT2D eigenvalue weighted by Gasteiger charge is 2.29. The van der Waals surface area contributed by atoms with Crippen molar-refractivity contribution in [2.45, 2.75) is 0 Å². The number of carbonyl (C=O) groups excluding carboxylic acids is 1. The van der Waals surface area contributed by atoms with Crippen LogP contribution in [0.2, 0.25) is 0 Å². The lowest BCUT2D eigenvalue weighted by Crippen LogP contribution is -2.26. The summed E-state index contributed by atoms with van der Waals surface area (Å²) in [6.45, 7) is 0. The Balaban J connectivity index is 3.78. The molecule has 118 valence electrons. The van der Waals surface area contributed by atoms with Crippen molar-refractivity contribution in [1.29, 1.82) is 0 Å². The highest BCUT2D eigenvalue weighted by atomic mass is 79.9. The number of carbonyl (C=O) groups is 1. The largest absolute Gasteiger partial charge is 0.465 e. The molecule has 0 bridgehead atoms. The first-order valence-electron chi connectivity index (χ1n) is 5.37. The van der Waals surface area contributed by atoms with Gasteiger partial charge in [0.25, 0.3) is 5.69 Å². The summed E-state index contributed by atoms with van der Waals surface area (Å²) in [4.78, 5) is 28.8. The summed E-state index contributed by atoms with van der Waals surface area (Å²) in [7, 11) is 0.974. The topological polar surface area (TPSA) is 172 Å². The second kappa shape index (κ2) is 6.80. The molecule has 22 heavy (non-hydrogen) atoms. The normalized spacial score (nSPS) is 11.0. The first kappa shape index (κ1) is 17.3. The van der Waals surface area contributed by atoms with E-state index in [0.717, 1.165) is 13.2 Å². The molecule has 0 radical (unpaired) electrons. The van der Waals surface area contributed by atoms with Gasteiger partial charge in [0.2, 0.25) is 5.96 Å². The summed E-state index contributed by atoms with van der Waals surface area (Å²) in [5, 5.41) is 11.1. The van der Waals surface area contributed by atoms with Crippen molar-refractivity contribution in [2.75, 3.05) is 7.11 Å². The summed E-state index contributed by atoms with van der Waals surface area (Å²) in [5.74, 6) is -3.36. The van der Waals surface area contributed by atoms with E-state index >= 15 is 0 Å². The molecule has 1 aromatic carbocycles. The van der Waals surface area contributed by atoms with Crippen LogP contribution in [0, 0.1) is 15.9 Å². The van der Waals surface area contributed by atoms with Gasteiger partial charge in [-0.05, 0) is 15.9 Å². The number of nitrogens with zero attached hydrogens (tertiary/aromatic N) is 3. The Labute approximate surface area is 131 Å². The van der Waals surface area contributed by atoms with Gasteiger partial charge in [-0.15, -0.1) is 0 Å². The van der Waals surface area contributed by atoms with Crippen LogP contribution in [0.5, 0.6) is 0 Å². The molecule has 0 fully saturated rings. The van der Waals surface area contributed by atoms with Crippen molar-refractivity contribution in [3.05, 3.63) is 32.0 Å². The summed E-state index contributed by atoms with van der Waals surface area (Å²) >= 11 is 2.77. The summed E-state index contributed by atoms with van der Waals surface area (Å²) < 4.78 is 18.2. The standard InChI is InChI=1S/C10H10BrFN6O4/c1-22-8(19)5-6(12)3(11)2-4(18(20)21)7(5)16-10(15)17-9(13)14/h2H,1H3,(H6,13,14,15,16,17). The van der Waals surface area contributed by atoms with E-state index in [9.17, 15) is 19.3 Å². The maximum atomic E-state index is 14.1. The van der Waals surface area contributed by atoms with Gasteiger partial charge in [0, 0.05) is 6.07 Å². The van der Waals surface area contributed by atoms with Gasteiger partial charge in [-0.3, -0.25) is 10.1 Å². The Morgan fingerprint density at radius 2 is 2.05 bits per heavy atom. The van der Waals surface area contributed by atoms with Crippen LogP contribution in [-0.2, 0) is 4.74 Å². The number of ether oxygens (including phenoxy) is 1. The van der Waals surface area contributed by atoms with Crippen LogP contribution in [0.1, 0.15) is 10.4 Å². The molecule has 0 spiro atoms. The lowest BCUT2D eigenvalue weighted by Gasteiger charge is -2.08. The molecule has 1 aromatic rings. The lowest BCUT2D eigenvalue weighted by molar-refractivity contribution is -0.384. The van der Waals surface area contributed by atoms with Crippen LogP contribution in [0.25, 0.3) is 0 Å². The molecule has 0 heterocycles. The number of halogens is 2. The molecule has 0 saturated heterocycles. The van der Waals surface area contributed by atoms with Gasteiger partial charge < -0.3 is 21.9 Å². The molecule has 10 nitrogen and oxygen atoms in total. The maximum Gasteiger partial charge on any atom is 0.343 e. The van der Waals surface area contributed by atoms with Crippen LogP contribution < -0.4 is 17.2 Å². The molecule has 0 aliphatic rings. The van der Waals surface area contributed by atoms with E-state index in [0.29, 0.717) is 0 Å². The highest BCUT2D eigenvalue weighted by molar-refractivity contribution is 9.10. The molecule has 0 saturated carbocycles. The molecule has 12 heteroatoms. The van der Waals surface area contributed by atoms with Gasteiger partial charge in [-0.2, -0.15) is 4.99 Å². The van der Waals surface area contributed by atoms with E-state index in [2.05, 4.69) is 30.7 Å². The SMILES string of the molecule is COC(=O)c1c(F)c(Br)cc([N+](=O)[O-])c1N=C(N)N=C(N)N. The lowest BCUT2D eigenvalue weighted by atomic mass is 10.1. The second-order valence-corrected chi connectivity index (χ2v) is 4.52. The Kier molecular flexibility index (Phi) is 5.34. The highest BCUT2D eigenvalue weighted by Crippen LogP contribution is 2.37. The average Bonchev–Trinajstić information content (AvgIpc) is 2.40. The molecule has 1 rings (SSSR count). The smallest absolute Gasteiger partial charge is 0.343 e. The number of aliphatic imine (C=N–C) groups is 2. The van der Waals surface area contributed by atoms with Gasteiger partial charge >= 0.3 is 5.97 Å². The maximum absolute atomic E-state index is 14.1. The van der Waals surface area contributed by atoms with Gasteiger partial charge in [0.1, 0.15) is 5.56 Å². The summed E-state index contributed by atoms with van der Waals surface area (Å²) in [6.07, 6.45) is 0. The Bertz CT molecular complexity index is 701. The third-order valence-corrected chi connectivity index (χ3v) is 2.81. The number of nitro groups is 1. The molecule has 0 aliphatic heterocycles. The first-order valence-corrected chi connectivity index (χ1v) is 6.16. The number of hydrogen-bond acceptors (Lipinski definition) is 5. The molecule has 0 aromatic heterocycles. The number of esters is 1. The van der Waals surface area contributed by atoms with Crippen molar-refractivity contribution in [2.24, 2.45) is 27.2 Å². The Morgan fingerprint density at radius 3 is 2.50 bits per heavy atom. The molecular weight excluding hydrogens is 367 g/mol. The van der Waals surface area contributed by atoms with Gasteiger partial charge in [-0.25, -0.2) is 14.2 Å². The fourth-order valence-corrected chi connectivity index (χ4v) is 1.83. The zero-order chi connectivity index (χ0) is 17.0. The molecule has 0 amide bonds. The van der Waals surface area contributed by atoms with Gasteiger partial charge in [0.05, 0.1) is 16.5 Å². The van der Waals surface area contributed by atoms with Crippen molar-refractivity contribution in [1.82, 2.24) is 0 Å². The van der Waals surface area contributed by atoms with Crippen molar-refractivity contribution < 1.29 is 18.8 Å². The molecular formula is C10H10BrFN6O4. The summed E-state index contributed by atoms with van der Waals surface area (Å²) in [6, 6.07) is 0.823. The fraction of sp³-hybridized carbons (Fsp3) is 0.100. The number of nitrogens with two attached hydrogens (primary N) is 3.